The number of aromatic nitrogens is 2. The Morgan fingerprint density at radius 1 is 1.42 bits per heavy atom. The maximum absolute atomic E-state index is 14.3. The Morgan fingerprint density at radius 2 is 2.21 bits per heavy atom. The second kappa shape index (κ2) is 8.56. The summed E-state index contributed by atoms with van der Waals surface area (Å²) in [7, 11) is 0. The van der Waals surface area contributed by atoms with Crippen LogP contribution in [0.5, 0.6) is 0 Å². The lowest BCUT2D eigenvalue weighted by molar-refractivity contribution is -0.127. The highest BCUT2D eigenvalue weighted by Gasteiger charge is 2.15. The molecule has 0 aliphatic rings. The molecule has 0 radical (unpaired) electrons. The van der Waals surface area contributed by atoms with E-state index < -0.39 is 11.9 Å². The third-order valence-electron chi connectivity index (χ3n) is 3.47. The van der Waals surface area contributed by atoms with E-state index in [2.05, 4.69) is 10.3 Å². The lowest BCUT2D eigenvalue weighted by Crippen LogP contribution is -2.29. The topological polar surface area (TPSA) is 65.4 Å². The third-order valence-corrected chi connectivity index (χ3v) is 3.47. The van der Waals surface area contributed by atoms with Gasteiger partial charge < -0.3 is 19.4 Å². The molecule has 0 fully saturated rings. The van der Waals surface area contributed by atoms with Crippen LogP contribution in [-0.2, 0) is 14.3 Å². The highest BCUT2D eigenvalue weighted by Crippen LogP contribution is 2.19. The van der Waals surface area contributed by atoms with Crippen molar-refractivity contribution in [2.75, 3.05) is 25.1 Å². The van der Waals surface area contributed by atoms with Gasteiger partial charge in [-0.2, -0.15) is 0 Å². The van der Waals surface area contributed by atoms with E-state index in [0.717, 1.165) is 0 Å². The maximum atomic E-state index is 14.3. The summed E-state index contributed by atoms with van der Waals surface area (Å²) in [4.78, 5) is 16.1. The summed E-state index contributed by atoms with van der Waals surface area (Å²) in [6.07, 6.45) is 2.63. The normalized spacial score (nSPS) is 12.2. The minimum atomic E-state index is -0.649. The van der Waals surface area contributed by atoms with E-state index in [-0.39, 0.29) is 5.91 Å². The zero-order valence-corrected chi connectivity index (χ0v) is 14.1. The minimum absolute atomic E-state index is 0.329. The fourth-order valence-electron chi connectivity index (χ4n) is 2.16. The fourth-order valence-corrected chi connectivity index (χ4v) is 2.16. The number of ether oxygens (including phenoxy) is 2. The van der Waals surface area contributed by atoms with Crippen LogP contribution in [-0.4, -0.2) is 41.4 Å². The number of carbonyl (C=O) groups excluding carboxylic acids is 1. The molecule has 0 aliphatic carbocycles. The van der Waals surface area contributed by atoms with Gasteiger partial charge >= 0.3 is 0 Å². The van der Waals surface area contributed by atoms with Gasteiger partial charge in [0.05, 0.1) is 18.9 Å². The Kier molecular flexibility index (Phi) is 6.45. The second-order valence-electron chi connectivity index (χ2n) is 5.21. The monoisotopic (exact) mass is 335 g/mol. The number of amides is 1. The Hall–Kier alpha value is -2.25. The van der Waals surface area contributed by atoms with Gasteiger partial charge in [0.2, 0.25) is 0 Å². The van der Waals surface area contributed by atoms with E-state index in [1.54, 1.807) is 42.9 Å². The first kappa shape index (κ1) is 18.1. The number of carbonyl (C=O) groups is 1. The standard InChI is InChI=1S/C17H22FN3O3/c1-4-23-9-10-24-12(2)17(22)20-14-5-6-16(15(18)11-14)21-8-7-19-13(21)3/h5-8,11-12H,4,9-10H2,1-3H3,(H,20,22)/t12-/m1/s1. The summed E-state index contributed by atoms with van der Waals surface area (Å²) >= 11 is 0. The van der Waals surface area contributed by atoms with Gasteiger partial charge in [-0.1, -0.05) is 0 Å². The molecule has 130 valence electrons. The summed E-state index contributed by atoms with van der Waals surface area (Å²) in [6, 6.07) is 4.52. The first-order valence-corrected chi connectivity index (χ1v) is 7.83. The molecule has 0 spiro atoms. The molecular formula is C17H22FN3O3. The predicted molar refractivity (Wildman–Crippen MR) is 88.8 cm³/mol. The van der Waals surface area contributed by atoms with Crippen molar-refractivity contribution in [3.63, 3.8) is 0 Å². The molecule has 24 heavy (non-hydrogen) atoms. The van der Waals surface area contributed by atoms with E-state index in [1.807, 2.05) is 6.92 Å². The molecule has 2 aromatic rings. The summed E-state index contributed by atoms with van der Waals surface area (Å²) < 4.78 is 26.4. The number of rotatable bonds is 8. The van der Waals surface area contributed by atoms with Crippen LogP contribution in [0.1, 0.15) is 19.7 Å². The number of nitrogens with one attached hydrogen (secondary N) is 1. The Morgan fingerprint density at radius 3 is 2.83 bits per heavy atom. The van der Waals surface area contributed by atoms with Crippen molar-refractivity contribution in [1.82, 2.24) is 9.55 Å². The number of imidazole rings is 1. The molecule has 0 saturated heterocycles. The van der Waals surface area contributed by atoms with Crippen LogP contribution in [0, 0.1) is 12.7 Å². The Balaban J connectivity index is 1.97. The fraction of sp³-hybridized carbons (Fsp3) is 0.412. The van der Waals surface area contributed by atoms with E-state index in [1.165, 1.54) is 6.07 Å². The van der Waals surface area contributed by atoms with Gasteiger partial charge in [-0.05, 0) is 39.0 Å². The first-order chi connectivity index (χ1) is 11.5. The van der Waals surface area contributed by atoms with Gasteiger partial charge in [0, 0.05) is 24.7 Å². The smallest absolute Gasteiger partial charge is 0.253 e. The van der Waals surface area contributed by atoms with Crippen molar-refractivity contribution >= 4 is 11.6 Å². The molecule has 0 bridgehead atoms. The molecular weight excluding hydrogens is 313 g/mol. The number of halogens is 1. The summed E-state index contributed by atoms with van der Waals surface area (Å²) in [5, 5.41) is 2.64. The molecule has 1 aromatic carbocycles. The molecule has 1 heterocycles. The van der Waals surface area contributed by atoms with E-state index in [0.29, 0.717) is 37.0 Å². The van der Waals surface area contributed by atoms with Crippen LogP contribution in [0.15, 0.2) is 30.6 Å². The average Bonchev–Trinajstić information content (AvgIpc) is 2.97. The van der Waals surface area contributed by atoms with Crippen LogP contribution in [0.2, 0.25) is 0 Å². The number of hydrogen-bond donors (Lipinski definition) is 1. The highest BCUT2D eigenvalue weighted by molar-refractivity contribution is 5.94. The van der Waals surface area contributed by atoms with E-state index in [9.17, 15) is 9.18 Å². The summed E-state index contributed by atoms with van der Waals surface area (Å²) in [5.74, 6) is -0.0988. The van der Waals surface area contributed by atoms with Gasteiger partial charge in [0.1, 0.15) is 17.7 Å². The Labute approximate surface area is 140 Å². The molecule has 1 N–H and O–H groups in total. The van der Waals surface area contributed by atoms with Crippen LogP contribution >= 0.6 is 0 Å². The number of hydrogen-bond acceptors (Lipinski definition) is 4. The Bertz CT molecular complexity index is 687. The molecule has 7 heteroatoms. The van der Waals surface area contributed by atoms with Gasteiger partial charge in [-0.15, -0.1) is 0 Å². The van der Waals surface area contributed by atoms with Crippen LogP contribution in [0.25, 0.3) is 5.69 Å². The molecule has 1 aromatic heterocycles. The zero-order valence-electron chi connectivity index (χ0n) is 14.1. The number of aryl methyl sites for hydroxylation is 1. The molecule has 0 saturated carbocycles. The first-order valence-electron chi connectivity index (χ1n) is 7.83. The molecule has 0 aliphatic heterocycles. The predicted octanol–water partition coefficient (Wildman–Crippen LogP) is 2.70. The number of anilines is 1. The third kappa shape index (κ3) is 4.62. The van der Waals surface area contributed by atoms with Crippen molar-refractivity contribution in [3.8, 4) is 5.69 Å². The lowest BCUT2D eigenvalue weighted by atomic mass is 10.2. The SMILES string of the molecule is CCOCCO[C@H](C)C(=O)Nc1ccc(-n2ccnc2C)c(F)c1. The van der Waals surface area contributed by atoms with Crippen molar-refractivity contribution in [2.45, 2.75) is 26.9 Å². The van der Waals surface area contributed by atoms with Gasteiger partial charge in [-0.3, -0.25) is 4.79 Å². The quantitative estimate of drug-likeness (QED) is 0.753. The summed E-state index contributed by atoms with van der Waals surface area (Å²) in [5.41, 5.74) is 0.753. The van der Waals surface area contributed by atoms with Gasteiger partial charge in [0.15, 0.2) is 0 Å². The molecule has 1 atom stereocenters. The molecule has 6 nitrogen and oxygen atoms in total. The van der Waals surface area contributed by atoms with E-state index >= 15 is 0 Å². The van der Waals surface area contributed by atoms with Gasteiger partial charge in [-0.25, -0.2) is 9.37 Å². The average molecular weight is 335 g/mol. The lowest BCUT2D eigenvalue weighted by Gasteiger charge is -2.14. The number of benzene rings is 1. The van der Waals surface area contributed by atoms with Crippen LogP contribution in [0.3, 0.4) is 0 Å². The largest absolute Gasteiger partial charge is 0.379 e. The molecule has 2 rings (SSSR count). The number of nitrogens with zero attached hydrogens (tertiary/aromatic N) is 2. The second-order valence-corrected chi connectivity index (χ2v) is 5.21. The van der Waals surface area contributed by atoms with Crippen LogP contribution in [0.4, 0.5) is 10.1 Å². The van der Waals surface area contributed by atoms with Crippen molar-refractivity contribution in [3.05, 3.63) is 42.2 Å². The maximum Gasteiger partial charge on any atom is 0.253 e. The molecule has 0 unspecified atom stereocenters. The zero-order chi connectivity index (χ0) is 17.5. The van der Waals surface area contributed by atoms with Crippen molar-refractivity contribution in [1.29, 1.82) is 0 Å². The molecule has 1 amide bonds. The highest BCUT2D eigenvalue weighted by atomic mass is 19.1. The summed E-state index contributed by atoms with van der Waals surface area (Å²) in [6.45, 7) is 6.68. The van der Waals surface area contributed by atoms with Crippen molar-refractivity contribution in [2.24, 2.45) is 0 Å². The van der Waals surface area contributed by atoms with Crippen LogP contribution < -0.4 is 5.32 Å². The van der Waals surface area contributed by atoms with Gasteiger partial charge in [0.25, 0.3) is 5.91 Å². The van der Waals surface area contributed by atoms with E-state index in [4.69, 9.17) is 9.47 Å². The van der Waals surface area contributed by atoms with Crippen molar-refractivity contribution < 1.29 is 18.7 Å². The minimum Gasteiger partial charge on any atom is -0.379 e.